The zero-order chi connectivity index (χ0) is 11.8. The van der Waals surface area contributed by atoms with Crippen LogP contribution in [0.4, 0.5) is 5.69 Å². The lowest BCUT2D eigenvalue weighted by molar-refractivity contribution is 0.200. The minimum Gasteiger partial charge on any atom is -0.383 e. The molecule has 3 nitrogen and oxygen atoms in total. The Balaban J connectivity index is 2.24. The molecule has 1 rings (SSSR count). The Morgan fingerprint density at radius 3 is 2.75 bits per heavy atom. The molecule has 1 aromatic carbocycles. The van der Waals surface area contributed by atoms with Crippen LogP contribution in [-0.2, 0) is 4.74 Å². The molecular formula is C11H16Cl2N2O. The molecule has 0 aliphatic rings. The number of benzene rings is 1. The van der Waals surface area contributed by atoms with E-state index in [0.717, 1.165) is 31.9 Å². The summed E-state index contributed by atoms with van der Waals surface area (Å²) in [5.74, 6) is 0. The average molecular weight is 263 g/mol. The maximum absolute atomic E-state index is 6.02. The zero-order valence-corrected chi connectivity index (χ0v) is 10.7. The van der Waals surface area contributed by atoms with Gasteiger partial charge in [0.05, 0.1) is 22.3 Å². The normalized spacial score (nSPS) is 10.4. The molecule has 1 aromatic rings. The fourth-order valence-corrected chi connectivity index (χ4v) is 1.59. The second-order valence-electron chi connectivity index (χ2n) is 3.27. The highest BCUT2D eigenvalue weighted by atomic mass is 35.5. The Bertz CT molecular complexity index is 321. The second kappa shape index (κ2) is 7.74. The largest absolute Gasteiger partial charge is 0.383 e. The molecule has 0 unspecified atom stereocenters. The van der Waals surface area contributed by atoms with Crippen LogP contribution in [0.2, 0.25) is 10.0 Å². The number of hydrogen-bond donors (Lipinski definition) is 2. The summed E-state index contributed by atoms with van der Waals surface area (Å²) >= 11 is 11.9. The van der Waals surface area contributed by atoms with Crippen molar-refractivity contribution in [3.63, 3.8) is 0 Å². The van der Waals surface area contributed by atoms with Crippen LogP contribution in [0.3, 0.4) is 0 Å². The Hall–Kier alpha value is -0.480. The Morgan fingerprint density at radius 2 is 2.00 bits per heavy atom. The predicted molar refractivity (Wildman–Crippen MR) is 69.7 cm³/mol. The maximum atomic E-state index is 6.02. The number of nitrogens with one attached hydrogen (secondary N) is 2. The first-order chi connectivity index (χ1) is 7.75. The topological polar surface area (TPSA) is 33.3 Å². The summed E-state index contributed by atoms with van der Waals surface area (Å²) in [6, 6.07) is 5.55. The monoisotopic (exact) mass is 262 g/mol. The van der Waals surface area contributed by atoms with E-state index in [9.17, 15) is 0 Å². The second-order valence-corrected chi connectivity index (χ2v) is 4.06. The van der Waals surface area contributed by atoms with E-state index in [2.05, 4.69) is 10.6 Å². The molecule has 0 amide bonds. The van der Waals surface area contributed by atoms with Crippen LogP contribution in [0, 0.1) is 0 Å². The van der Waals surface area contributed by atoms with Crippen molar-refractivity contribution in [3.8, 4) is 0 Å². The van der Waals surface area contributed by atoms with Crippen LogP contribution < -0.4 is 10.6 Å². The Morgan fingerprint density at radius 1 is 1.19 bits per heavy atom. The molecule has 2 N–H and O–H groups in total. The van der Waals surface area contributed by atoms with Gasteiger partial charge >= 0.3 is 0 Å². The third-order valence-corrected chi connectivity index (χ3v) is 2.87. The quantitative estimate of drug-likeness (QED) is 0.742. The smallest absolute Gasteiger partial charge is 0.0823 e. The third kappa shape index (κ3) is 4.58. The van der Waals surface area contributed by atoms with Crippen molar-refractivity contribution in [1.29, 1.82) is 0 Å². The highest BCUT2D eigenvalue weighted by molar-refractivity contribution is 6.43. The first-order valence-corrected chi connectivity index (χ1v) is 5.89. The van der Waals surface area contributed by atoms with Gasteiger partial charge < -0.3 is 15.4 Å². The van der Waals surface area contributed by atoms with Gasteiger partial charge in [0, 0.05) is 26.7 Å². The van der Waals surface area contributed by atoms with Crippen LogP contribution in [0.25, 0.3) is 0 Å². The summed E-state index contributed by atoms with van der Waals surface area (Å²) in [6.07, 6.45) is 0. The third-order valence-electron chi connectivity index (χ3n) is 2.05. The molecule has 0 radical (unpaired) electrons. The molecule has 0 heterocycles. The number of anilines is 1. The van der Waals surface area contributed by atoms with E-state index in [-0.39, 0.29) is 0 Å². The lowest BCUT2D eigenvalue weighted by atomic mass is 10.3. The van der Waals surface area contributed by atoms with Gasteiger partial charge in [-0.2, -0.15) is 0 Å². The molecule has 16 heavy (non-hydrogen) atoms. The molecule has 0 saturated heterocycles. The first-order valence-electron chi connectivity index (χ1n) is 5.13. The van der Waals surface area contributed by atoms with Gasteiger partial charge in [-0.1, -0.05) is 29.3 Å². The van der Waals surface area contributed by atoms with Crippen molar-refractivity contribution in [2.45, 2.75) is 0 Å². The molecule has 0 fully saturated rings. The molecule has 0 atom stereocenters. The van der Waals surface area contributed by atoms with Crippen molar-refractivity contribution in [2.24, 2.45) is 0 Å². The molecule has 0 bridgehead atoms. The highest BCUT2D eigenvalue weighted by Crippen LogP contribution is 2.29. The van der Waals surface area contributed by atoms with E-state index in [1.807, 2.05) is 12.1 Å². The van der Waals surface area contributed by atoms with Gasteiger partial charge in [-0.05, 0) is 12.1 Å². The fraction of sp³-hybridized carbons (Fsp3) is 0.455. The molecule has 5 heteroatoms. The Labute approximate surface area is 106 Å². The molecule has 0 spiro atoms. The summed E-state index contributed by atoms with van der Waals surface area (Å²) in [7, 11) is 1.69. The van der Waals surface area contributed by atoms with Crippen molar-refractivity contribution in [1.82, 2.24) is 5.32 Å². The maximum Gasteiger partial charge on any atom is 0.0823 e. The van der Waals surface area contributed by atoms with E-state index in [1.165, 1.54) is 0 Å². The van der Waals surface area contributed by atoms with Crippen molar-refractivity contribution >= 4 is 28.9 Å². The number of methoxy groups -OCH3 is 1. The SMILES string of the molecule is COCCNCCNc1cccc(Cl)c1Cl. The lowest BCUT2D eigenvalue weighted by Gasteiger charge is -2.09. The van der Waals surface area contributed by atoms with Gasteiger partial charge in [0.2, 0.25) is 0 Å². The average Bonchev–Trinajstić information content (AvgIpc) is 2.29. The Kier molecular flexibility index (Phi) is 6.57. The van der Waals surface area contributed by atoms with Gasteiger partial charge in [0.1, 0.15) is 0 Å². The van der Waals surface area contributed by atoms with Crippen LogP contribution in [-0.4, -0.2) is 33.4 Å². The van der Waals surface area contributed by atoms with Gasteiger partial charge in [0.25, 0.3) is 0 Å². The molecule has 0 aliphatic heterocycles. The van der Waals surface area contributed by atoms with Gasteiger partial charge in [-0.3, -0.25) is 0 Å². The molecule has 0 aliphatic carbocycles. The number of ether oxygens (including phenoxy) is 1. The molecule has 0 saturated carbocycles. The number of rotatable bonds is 7. The van der Waals surface area contributed by atoms with Gasteiger partial charge in [0.15, 0.2) is 0 Å². The van der Waals surface area contributed by atoms with Crippen LogP contribution in [0.1, 0.15) is 0 Å². The number of halogens is 2. The summed E-state index contributed by atoms with van der Waals surface area (Å²) in [5.41, 5.74) is 0.864. The fourth-order valence-electron chi connectivity index (χ4n) is 1.23. The lowest BCUT2D eigenvalue weighted by Crippen LogP contribution is -2.25. The summed E-state index contributed by atoms with van der Waals surface area (Å²) < 4.78 is 4.92. The summed E-state index contributed by atoms with van der Waals surface area (Å²) in [5, 5.41) is 7.58. The van der Waals surface area contributed by atoms with Crippen LogP contribution in [0.15, 0.2) is 18.2 Å². The number of hydrogen-bond acceptors (Lipinski definition) is 3. The van der Waals surface area contributed by atoms with E-state index in [1.54, 1.807) is 13.2 Å². The molecule has 0 aromatic heterocycles. The first kappa shape index (κ1) is 13.6. The van der Waals surface area contributed by atoms with Crippen LogP contribution in [0.5, 0.6) is 0 Å². The van der Waals surface area contributed by atoms with Crippen molar-refractivity contribution in [2.75, 3.05) is 38.7 Å². The van der Waals surface area contributed by atoms with E-state index >= 15 is 0 Å². The summed E-state index contributed by atoms with van der Waals surface area (Å²) in [6.45, 7) is 3.22. The standard InChI is InChI=1S/C11H16Cl2N2O/c1-16-8-7-14-5-6-15-10-4-2-3-9(12)11(10)13/h2-4,14-15H,5-8H2,1H3. The van der Waals surface area contributed by atoms with E-state index in [0.29, 0.717) is 10.0 Å². The molecular weight excluding hydrogens is 247 g/mol. The summed E-state index contributed by atoms with van der Waals surface area (Å²) in [4.78, 5) is 0. The zero-order valence-electron chi connectivity index (χ0n) is 9.22. The van der Waals surface area contributed by atoms with Gasteiger partial charge in [-0.25, -0.2) is 0 Å². The van der Waals surface area contributed by atoms with Crippen molar-refractivity contribution < 1.29 is 4.74 Å². The predicted octanol–water partition coefficient (Wildman–Crippen LogP) is 2.64. The molecule has 90 valence electrons. The van der Waals surface area contributed by atoms with E-state index < -0.39 is 0 Å². The van der Waals surface area contributed by atoms with E-state index in [4.69, 9.17) is 27.9 Å². The minimum atomic E-state index is 0.569. The minimum absolute atomic E-state index is 0.569. The van der Waals surface area contributed by atoms with Crippen LogP contribution >= 0.6 is 23.2 Å². The highest BCUT2D eigenvalue weighted by Gasteiger charge is 2.02. The van der Waals surface area contributed by atoms with Gasteiger partial charge in [-0.15, -0.1) is 0 Å². The van der Waals surface area contributed by atoms with Crippen molar-refractivity contribution in [3.05, 3.63) is 28.2 Å².